The molecule has 1 aromatic rings. The zero-order valence-corrected chi connectivity index (χ0v) is 12.1. The maximum Gasteiger partial charge on any atom is 0.202 e. The van der Waals surface area contributed by atoms with E-state index in [-0.39, 0.29) is 11.7 Å². The molecule has 1 atom stereocenters. The Morgan fingerprint density at radius 2 is 2.32 bits per heavy atom. The van der Waals surface area contributed by atoms with E-state index in [0.717, 1.165) is 32.5 Å². The van der Waals surface area contributed by atoms with E-state index in [9.17, 15) is 4.79 Å². The minimum Gasteiger partial charge on any atom is -0.332 e. The molecule has 0 amide bonds. The summed E-state index contributed by atoms with van der Waals surface area (Å²) in [6, 6.07) is 0. The molecule has 104 valence electrons. The molecule has 0 N–H and O–H groups in total. The number of nitrogens with zero attached hydrogens (tertiary/aromatic N) is 3. The van der Waals surface area contributed by atoms with Gasteiger partial charge in [-0.1, -0.05) is 11.6 Å². The maximum absolute atomic E-state index is 12.4. The minimum absolute atomic E-state index is 0.0976. The molecule has 1 aromatic heterocycles. The highest BCUT2D eigenvalue weighted by atomic mass is 16.1. The first kappa shape index (κ1) is 14.0. The van der Waals surface area contributed by atoms with Crippen molar-refractivity contribution >= 4 is 5.78 Å². The lowest BCUT2D eigenvalue weighted by Gasteiger charge is -2.31. The summed E-state index contributed by atoms with van der Waals surface area (Å²) in [7, 11) is 1.88. The lowest BCUT2D eigenvalue weighted by atomic mass is 9.93. The molecule has 0 aliphatic carbocycles. The van der Waals surface area contributed by atoms with E-state index in [2.05, 4.69) is 29.8 Å². The molecule has 1 aliphatic heterocycles. The Morgan fingerprint density at radius 1 is 1.53 bits per heavy atom. The summed E-state index contributed by atoms with van der Waals surface area (Å²) >= 11 is 0. The molecule has 0 spiro atoms. The van der Waals surface area contributed by atoms with Gasteiger partial charge < -0.3 is 4.57 Å². The van der Waals surface area contributed by atoms with E-state index in [1.165, 1.54) is 5.57 Å². The van der Waals surface area contributed by atoms with E-state index in [1.54, 1.807) is 6.20 Å². The summed E-state index contributed by atoms with van der Waals surface area (Å²) in [5.74, 6) is 0.879. The van der Waals surface area contributed by atoms with Gasteiger partial charge in [0.25, 0.3) is 0 Å². The zero-order valence-electron chi connectivity index (χ0n) is 12.1. The van der Waals surface area contributed by atoms with Crippen molar-refractivity contribution in [1.29, 1.82) is 0 Å². The zero-order chi connectivity index (χ0) is 13.8. The average molecular weight is 261 g/mol. The Balaban J connectivity index is 1.99. The molecule has 0 saturated carbocycles. The van der Waals surface area contributed by atoms with Gasteiger partial charge in [0, 0.05) is 38.4 Å². The number of allylic oxidation sites excluding steroid dienone is 1. The van der Waals surface area contributed by atoms with E-state index < -0.39 is 0 Å². The van der Waals surface area contributed by atoms with E-state index >= 15 is 0 Å². The highest BCUT2D eigenvalue weighted by Gasteiger charge is 2.28. The van der Waals surface area contributed by atoms with Crippen LogP contribution in [0, 0.1) is 5.92 Å². The predicted octanol–water partition coefficient (Wildman–Crippen LogP) is 2.28. The number of ketones is 1. The Kier molecular flexibility index (Phi) is 4.53. The number of likely N-dealkylation sites (tertiary alicyclic amines) is 1. The monoisotopic (exact) mass is 261 g/mol. The lowest BCUT2D eigenvalue weighted by molar-refractivity contribution is 0.0817. The summed E-state index contributed by atoms with van der Waals surface area (Å²) in [6.07, 6.45) is 7.83. The van der Waals surface area contributed by atoms with Crippen LogP contribution in [0.25, 0.3) is 0 Å². The number of aromatic nitrogens is 2. The van der Waals surface area contributed by atoms with Gasteiger partial charge in [0.2, 0.25) is 5.78 Å². The standard InChI is InChI=1S/C15H23N3O/c1-12(2)6-9-18-8-4-5-13(11-18)14(19)15-16-7-10-17(15)3/h6-7,10,13H,4-5,8-9,11H2,1-3H3. The first-order valence-electron chi connectivity index (χ1n) is 6.95. The average Bonchev–Trinajstić information content (AvgIpc) is 2.82. The molecule has 2 heterocycles. The molecule has 1 fully saturated rings. The predicted molar refractivity (Wildman–Crippen MR) is 76.1 cm³/mol. The molecule has 1 saturated heterocycles. The van der Waals surface area contributed by atoms with Gasteiger partial charge in [-0.05, 0) is 33.2 Å². The Labute approximate surface area is 115 Å². The third-order valence-corrected chi connectivity index (χ3v) is 3.68. The third-order valence-electron chi connectivity index (χ3n) is 3.68. The summed E-state index contributed by atoms with van der Waals surface area (Å²) < 4.78 is 1.82. The van der Waals surface area contributed by atoms with Crippen LogP contribution in [0.2, 0.25) is 0 Å². The van der Waals surface area contributed by atoms with Crippen LogP contribution < -0.4 is 0 Å². The largest absolute Gasteiger partial charge is 0.332 e. The molecular formula is C15H23N3O. The van der Waals surface area contributed by atoms with Gasteiger partial charge in [-0.25, -0.2) is 4.98 Å². The molecular weight excluding hydrogens is 238 g/mol. The van der Waals surface area contributed by atoms with Crippen LogP contribution in [0.4, 0.5) is 0 Å². The summed E-state index contributed by atoms with van der Waals surface area (Å²) in [6.45, 7) is 7.12. The van der Waals surface area contributed by atoms with Crippen LogP contribution in [-0.2, 0) is 7.05 Å². The van der Waals surface area contributed by atoms with Crippen LogP contribution >= 0.6 is 0 Å². The van der Waals surface area contributed by atoms with Crippen molar-refractivity contribution in [2.24, 2.45) is 13.0 Å². The molecule has 4 nitrogen and oxygen atoms in total. The van der Waals surface area contributed by atoms with Crippen LogP contribution in [-0.4, -0.2) is 39.9 Å². The van der Waals surface area contributed by atoms with Crippen LogP contribution in [0.5, 0.6) is 0 Å². The first-order valence-corrected chi connectivity index (χ1v) is 6.95. The molecule has 4 heteroatoms. The first-order chi connectivity index (χ1) is 9.08. The maximum atomic E-state index is 12.4. The molecule has 19 heavy (non-hydrogen) atoms. The topological polar surface area (TPSA) is 38.1 Å². The van der Waals surface area contributed by atoms with Gasteiger partial charge in [-0.2, -0.15) is 0 Å². The van der Waals surface area contributed by atoms with Gasteiger partial charge >= 0.3 is 0 Å². The second-order valence-electron chi connectivity index (χ2n) is 5.61. The Morgan fingerprint density at radius 3 is 2.95 bits per heavy atom. The highest BCUT2D eigenvalue weighted by Crippen LogP contribution is 2.20. The Bertz CT molecular complexity index is 471. The summed E-state index contributed by atoms with van der Waals surface area (Å²) in [5.41, 5.74) is 1.33. The number of carbonyl (C=O) groups excluding carboxylic acids is 1. The number of imidazole rings is 1. The van der Waals surface area contributed by atoms with Gasteiger partial charge in [-0.15, -0.1) is 0 Å². The number of rotatable bonds is 4. The second kappa shape index (κ2) is 6.15. The lowest BCUT2D eigenvalue weighted by Crippen LogP contribution is -2.39. The number of carbonyl (C=O) groups is 1. The van der Waals surface area contributed by atoms with Crippen molar-refractivity contribution in [1.82, 2.24) is 14.5 Å². The minimum atomic E-state index is 0.0976. The fraction of sp³-hybridized carbons (Fsp3) is 0.600. The van der Waals surface area contributed by atoms with Gasteiger partial charge in [-0.3, -0.25) is 9.69 Å². The van der Waals surface area contributed by atoms with Crippen molar-refractivity contribution in [3.05, 3.63) is 29.9 Å². The molecule has 1 unspecified atom stereocenters. The molecule has 0 aromatic carbocycles. The second-order valence-corrected chi connectivity index (χ2v) is 5.61. The number of Topliss-reactive ketones (excluding diaryl/α,β-unsaturated/α-hetero) is 1. The number of hydrogen-bond acceptors (Lipinski definition) is 3. The van der Waals surface area contributed by atoms with Crippen LogP contribution in [0.3, 0.4) is 0 Å². The van der Waals surface area contributed by atoms with Crippen LogP contribution in [0.15, 0.2) is 24.0 Å². The van der Waals surface area contributed by atoms with E-state index in [1.807, 2.05) is 17.8 Å². The van der Waals surface area contributed by atoms with Crippen molar-refractivity contribution in [2.45, 2.75) is 26.7 Å². The highest BCUT2D eigenvalue weighted by molar-refractivity contribution is 5.94. The molecule has 2 rings (SSSR count). The molecule has 1 aliphatic rings. The number of aryl methyl sites for hydroxylation is 1. The number of hydrogen-bond donors (Lipinski definition) is 0. The van der Waals surface area contributed by atoms with Crippen molar-refractivity contribution < 1.29 is 4.79 Å². The van der Waals surface area contributed by atoms with Crippen LogP contribution in [0.1, 0.15) is 37.3 Å². The van der Waals surface area contributed by atoms with Gasteiger partial charge in [0.1, 0.15) is 0 Å². The van der Waals surface area contributed by atoms with Crippen molar-refractivity contribution in [3.8, 4) is 0 Å². The quantitative estimate of drug-likeness (QED) is 0.616. The van der Waals surface area contributed by atoms with Crippen molar-refractivity contribution in [3.63, 3.8) is 0 Å². The van der Waals surface area contributed by atoms with Gasteiger partial charge in [0.15, 0.2) is 5.82 Å². The Hall–Kier alpha value is -1.42. The van der Waals surface area contributed by atoms with E-state index in [4.69, 9.17) is 0 Å². The van der Waals surface area contributed by atoms with Gasteiger partial charge in [0.05, 0.1) is 0 Å². The molecule has 0 radical (unpaired) electrons. The smallest absolute Gasteiger partial charge is 0.202 e. The normalized spacial score (nSPS) is 20.3. The number of piperidine rings is 1. The molecule has 0 bridgehead atoms. The third kappa shape index (κ3) is 3.53. The summed E-state index contributed by atoms with van der Waals surface area (Å²) in [4.78, 5) is 19.0. The fourth-order valence-corrected chi connectivity index (χ4v) is 2.53. The van der Waals surface area contributed by atoms with E-state index in [0.29, 0.717) is 5.82 Å². The van der Waals surface area contributed by atoms with Crippen molar-refractivity contribution in [2.75, 3.05) is 19.6 Å². The SMILES string of the molecule is CC(C)=CCN1CCCC(C(=O)c2nccn2C)C1. The fourth-order valence-electron chi connectivity index (χ4n) is 2.53. The summed E-state index contributed by atoms with van der Waals surface area (Å²) in [5, 5.41) is 0.